The van der Waals surface area contributed by atoms with Crippen LogP contribution >= 0.6 is 0 Å². The first-order valence-electron chi connectivity index (χ1n) is 8.05. The van der Waals surface area contributed by atoms with Crippen LogP contribution in [0.5, 0.6) is 0 Å². The summed E-state index contributed by atoms with van der Waals surface area (Å²) in [4.78, 5) is 2.71. The van der Waals surface area contributed by atoms with E-state index < -0.39 is 0 Å². The van der Waals surface area contributed by atoms with Gasteiger partial charge >= 0.3 is 0 Å². The molecule has 0 radical (unpaired) electrons. The number of rotatable bonds is 11. The summed E-state index contributed by atoms with van der Waals surface area (Å²) in [6.07, 6.45) is 7.81. The number of hydrogen-bond donors (Lipinski definition) is 1. The Balaban J connectivity index is 4.57. The van der Waals surface area contributed by atoms with Gasteiger partial charge in [-0.05, 0) is 46.7 Å². The molecule has 0 heterocycles. The van der Waals surface area contributed by atoms with Crippen LogP contribution in [0.1, 0.15) is 73.1 Å². The summed E-state index contributed by atoms with van der Waals surface area (Å²) in [5.74, 6) is 0. The lowest BCUT2D eigenvalue weighted by Crippen LogP contribution is -2.51. The number of likely N-dealkylation sites (N-methyl/N-ethyl adjacent to an activating group) is 1. The summed E-state index contributed by atoms with van der Waals surface area (Å²) >= 11 is 0. The van der Waals surface area contributed by atoms with Crippen LogP contribution in [0, 0.1) is 0 Å². The summed E-state index contributed by atoms with van der Waals surface area (Å²) in [6, 6.07) is 1.98. The van der Waals surface area contributed by atoms with Gasteiger partial charge in [-0.2, -0.15) is 0 Å². The first kappa shape index (κ1) is 17.9. The van der Waals surface area contributed by atoms with E-state index in [1.54, 1.807) is 0 Å². The second-order valence-corrected chi connectivity index (χ2v) is 5.70. The first-order chi connectivity index (χ1) is 8.62. The summed E-state index contributed by atoms with van der Waals surface area (Å²) in [5, 5.41) is 3.54. The van der Waals surface area contributed by atoms with E-state index in [1.807, 2.05) is 0 Å². The van der Waals surface area contributed by atoms with Gasteiger partial charge in [-0.25, -0.2) is 0 Å². The Morgan fingerprint density at radius 3 is 2.06 bits per heavy atom. The Labute approximate surface area is 116 Å². The second-order valence-electron chi connectivity index (χ2n) is 5.70. The molecule has 0 aliphatic heterocycles. The van der Waals surface area contributed by atoms with Gasteiger partial charge in [-0.3, -0.25) is 4.90 Å². The lowest BCUT2D eigenvalue weighted by atomic mass is 9.97. The van der Waals surface area contributed by atoms with E-state index in [1.165, 1.54) is 45.1 Å². The third-order valence-electron chi connectivity index (χ3n) is 3.96. The van der Waals surface area contributed by atoms with Crippen molar-refractivity contribution in [3.05, 3.63) is 0 Å². The molecule has 110 valence electrons. The van der Waals surface area contributed by atoms with Crippen LogP contribution in [0.15, 0.2) is 0 Å². The highest BCUT2D eigenvalue weighted by Gasteiger charge is 2.25. The van der Waals surface area contributed by atoms with Crippen molar-refractivity contribution in [1.82, 2.24) is 10.2 Å². The van der Waals surface area contributed by atoms with E-state index >= 15 is 0 Å². The molecule has 0 spiro atoms. The topological polar surface area (TPSA) is 15.3 Å². The third-order valence-corrected chi connectivity index (χ3v) is 3.96. The molecule has 2 atom stereocenters. The first-order valence-corrected chi connectivity index (χ1v) is 8.05. The Hall–Kier alpha value is -0.0800. The Kier molecular flexibility index (Phi) is 10.8. The summed E-state index contributed by atoms with van der Waals surface area (Å²) in [7, 11) is 2.12. The van der Waals surface area contributed by atoms with E-state index in [-0.39, 0.29) is 0 Å². The minimum Gasteiger partial charge on any atom is -0.315 e. The normalized spacial score (nSPS) is 15.3. The maximum Gasteiger partial charge on any atom is 0.0249 e. The zero-order chi connectivity index (χ0) is 14.0. The zero-order valence-corrected chi connectivity index (χ0v) is 13.6. The van der Waals surface area contributed by atoms with Gasteiger partial charge < -0.3 is 5.32 Å². The van der Waals surface area contributed by atoms with Crippen LogP contribution in [0.4, 0.5) is 0 Å². The van der Waals surface area contributed by atoms with E-state index in [4.69, 9.17) is 0 Å². The van der Waals surface area contributed by atoms with Crippen LogP contribution in [0.3, 0.4) is 0 Å². The monoisotopic (exact) mass is 256 g/mol. The van der Waals surface area contributed by atoms with Crippen LogP contribution in [0.2, 0.25) is 0 Å². The second kappa shape index (κ2) is 10.8. The maximum atomic E-state index is 3.54. The van der Waals surface area contributed by atoms with Crippen molar-refractivity contribution in [2.75, 3.05) is 13.6 Å². The fourth-order valence-corrected chi connectivity index (χ4v) is 2.94. The fourth-order valence-electron chi connectivity index (χ4n) is 2.94. The number of nitrogens with one attached hydrogen (secondary N) is 1. The van der Waals surface area contributed by atoms with Crippen molar-refractivity contribution in [3.63, 3.8) is 0 Å². The Morgan fingerprint density at radius 2 is 1.67 bits per heavy atom. The highest BCUT2D eigenvalue weighted by atomic mass is 15.2. The molecule has 0 rings (SSSR count). The van der Waals surface area contributed by atoms with Gasteiger partial charge in [0.05, 0.1) is 0 Å². The number of nitrogens with zero attached hydrogens (tertiary/aromatic N) is 1. The van der Waals surface area contributed by atoms with Crippen LogP contribution in [-0.4, -0.2) is 36.6 Å². The molecule has 0 aliphatic carbocycles. The molecule has 0 fully saturated rings. The SMILES string of the molecule is CCCCCN(C(C)C)C(CC)C(CCC)NC. The molecule has 0 aliphatic rings. The average molecular weight is 256 g/mol. The van der Waals surface area contributed by atoms with Crippen LogP contribution < -0.4 is 5.32 Å². The van der Waals surface area contributed by atoms with Crippen molar-refractivity contribution >= 4 is 0 Å². The Bertz CT molecular complexity index is 180. The van der Waals surface area contributed by atoms with E-state index in [2.05, 4.69) is 51.9 Å². The molecule has 2 heteroatoms. The van der Waals surface area contributed by atoms with Crippen molar-refractivity contribution in [1.29, 1.82) is 0 Å². The highest BCUT2D eigenvalue weighted by Crippen LogP contribution is 2.17. The zero-order valence-electron chi connectivity index (χ0n) is 13.6. The van der Waals surface area contributed by atoms with Gasteiger partial charge in [-0.15, -0.1) is 0 Å². The van der Waals surface area contributed by atoms with Gasteiger partial charge in [0.2, 0.25) is 0 Å². The molecule has 0 aromatic heterocycles. The predicted molar refractivity (Wildman–Crippen MR) is 83.2 cm³/mol. The molecular formula is C16H36N2. The van der Waals surface area contributed by atoms with Gasteiger partial charge in [0.1, 0.15) is 0 Å². The van der Waals surface area contributed by atoms with Gasteiger partial charge in [0, 0.05) is 18.1 Å². The van der Waals surface area contributed by atoms with Gasteiger partial charge in [0.15, 0.2) is 0 Å². The summed E-state index contributed by atoms with van der Waals surface area (Å²) in [6.45, 7) is 12.8. The average Bonchev–Trinajstić information content (AvgIpc) is 2.36. The molecule has 0 amide bonds. The minimum atomic E-state index is 0.643. The molecule has 0 saturated carbocycles. The fraction of sp³-hybridized carbons (Fsp3) is 1.00. The Morgan fingerprint density at radius 1 is 1.00 bits per heavy atom. The van der Waals surface area contributed by atoms with Crippen molar-refractivity contribution in [3.8, 4) is 0 Å². The summed E-state index contributed by atoms with van der Waals surface area (Å²) < 4.78 is 0. The van der Waals surface area contributed by atoms with Crippen LogP contribution in [-0.2, 0) is 0 Å². The smallest absolute Gasteiger partial charge is 0.0249 e. The minimum absolute atomic E-state index is 0.643. The molecular weight excluding hydrogens is 220 g/mol. The van der Waals surface area contributed by atoms with Crippen LogP contribution in [0.25, 0.3) is 0 Å². The van der Waals surface area contributed by atoms with Crippen molar-refractivity contribution < 1.29 is 0 Å². The number of hydrogen-bond acceptors (Lipinski definition) is 2. The lowest BCUT2D eigenvalue weighted by Gasteiger charge is -2.39. The van der Waals surface area contributed by atoms with Crippen molar-refractivity contribution in [2.45, 2.75) is 91.3 Å². The predicted octanol–water partition coefficient (Wildman–Crippen LogP) is 4.05. The molecule has 18 heavy (non-hydrogen) atoms. The van der Waals surface area contributed by atoms with Crippen molar-refractivity contribution in [2.24, 2.45) is 0 Å². The number of unbranched alkanes of at least 4 members (excludes halogenated alkanes) is 2. The molecule has 2 unspecified atom stereocenters. The molecule has 0 bridgehead atoms. The maximum absolute atomic E-state index is 3.54. The third kappa shape index (κ3) is 6.19. The summed E-state index contributed by atoms with van der Waals surface area (Å²) in [5.41, 5.74) is 0. The van der Waals surface area contributed by atoms with Gasteiger partial charge in [0.25, 0.3) is 0 Å². The quantitative estimate of drug-likeness (QED) is 0.561. The molecule has 0 saturated heterocycles. The van der Waals surface area contributed by atoms with E-state index in [9.17, 15) is 0 Å². The van der Waals surface area contributed by atoms with E-state index in [0.29, 0.717) is 18.1 Å². The molecule has 1 N–H and O–H groups in total. The standard InChI is InChI=1S/C16H36N2/c1-7-10-11-13-18(14(4)5)16(9-3)15(17-6)12-8-2/h14-17H,7-13H2,1-6H3. The van der Waals surface area contributed by atoms with E-state index in [0.717, 1.165) is 0 Å². The largest absolute Gasteiger partial charge is 0.315 e. The molecule has 2 nitrogen and oxygen atoms in total. The van der Waals surface area contributed by atoms with Gasteiger partial charge in [-0.1, -0.05) is 40.0 Å². The molecule has 0 aromatic rings. The molecule has 0 aromatic carbocycles. The highest BCUT2D eigenvalue weighted by molar-refractivity contribution is 4.84. The lowest BCUT2D eigenvalue weighted by molar-refractivity contribution is 0.112.